The van der Waals surface area contributed by atoms with Crippen LogP contribution in [0.25, 0.3) is 0 Å². The van der Waals surface area contributed by atoms with Crippen molar-refractivity contribution in [3.05, 3.63) is 0 Å². The zero-order valence-electron chi connectivity index (χ0n) is 89.8. The van der Waals surface area contributed by atoms with Crippen molar-refractivity contribution >= 4 is 77.6 Å². The highest BCUT2D eigenvalue weighted by Crippen LogP contribution is 2.73. The smallest absolute Gasteiger partial charge is 0.348 e. The molecule has 28 nitrogen and oxygen atoms in total. The normalized spacial score (nSPS) is 38.2. The lowest BCUT2D eigenvalue weighted by molar-refractivity contribution is -0.264. The SMILES string of the molecule is CCC(C)(C)C(=O)OC(C)(C)C12CC3CC(CC(C3)C1)C2.CCC(C)(C)C(=O)OC1(CC)CC2CC1C1C3CCC(C3)C21.CCC(C)(C)C(=O)OC12CC3CC(O)(CC(O)(C3)C1)C2.CCC(C)(C)C(=O)OC1C2CC3C1OC(=O)C3(C(=O)OC)C2.CCC1(OC(=O)C23CC4CC2C(OC3=O)C4OC(=O)COC(=O)C(C)(C)CC)CCCC1.CCC1(OC(=O)C2CC(OC(=O)C(C)(C)CC)C(=O)O2)CCCC1. The highest BCUT2D eigenvalue weighted by atomic mass is 16.7. The molecule has 0 aromatic heterocycles. The van der Waals surface area contributed by atoms with Crippen molar-refractivity contribution < 1.29 is 134 Å². The van der Waals surface area contributed by atoms with Gasteiger partial charge >= 0.3 is 77.6 Å². The summed E-state index contributed by atoms with van der Waals surface area (Å²) in [4.78, 5) is 161. The number of carbonyl (C=O) groups is 13. The number of carbonyl (C=O) groups excluding carboxylic acids is 13. The first-order valence-corrected chi connectivity index (χ1v) is 54.9. The molecule has 141 heavy (non-hydrogen) atoms. The first-order valence-electron chi connectivity index (χ1n) is 54.9. The van der Waals surface area contributed by atoms with Crippen LogP contribution in [0.2, 0.25) is 0 Å². The number of aliphatic hydroxyl groups is 2. The monoisotopic (exact) mass is 1980 g/mol. The maximum absolute atomic E-state index is 13.3. The molecule has 28 heteroatoms. The van der Waals surface area contributed by atoms with Crippen molar-refractivity contribution in [1.29, 1.82) is 0 Å². The summed E-state index contributed by atoms with van der Waals surface area (Å²) in [6.45, 7) is 44.5. The molecular formula is C113H174O28. The second-order valence-corrected chi connectivity index (χ2v) is 52.2. The summed E-state index contributed by atoms with van der Waals surface area (Å²) in [7, 11) is 1.28. The van der Waals surface area contributed by atoms with Crippen LogP contribution in [0.5, 0.6) is 0 Å². The number of rotatable bonds is 29. The van der Waals surface area contributed by atoms with Gasteiger partial charge in [0.2, 0.25) is 12.2 Å². The molecule has 0 radical (unpaired) electrons. The first kappa shape index (κ1) is 110. The minimum absolute atomic E-state index is 0.00857. The number of fused-ring (bicyclic) bond motifs is 11. The lowest BCUT2D eigenvalue weighted by atomic mass is 9.46. The van der Waals surface area contributed by atoms with E-state index in [2.05, 4.69) is 34.6 Å². The van der Waals surface area contributed by atoms with Gasteiger partial charge in [0.25, 0.3) is 0 Å². The quantitative estimate of drug-likeness (QED) is 0.0304. The van der Waals surface area contributed by atoms with Crippen LogP contribution in [0.4, 0.5) is 0 Å². The maximum Gasteiger partial charge on any atom is 0.348 e. The molecule has 18 aliphatic carbocycles. The number of hydrogen-bond donors (Lipinski definition) is 2. The maximum atomic E-state index is 13.3. The molecule has 0 amide bonds. The second-order valence-electron chi connectivity index (χ2n) is 52.2. The molecular weight excluding hydrogens is 1810 g/mol. The molecule has 21 atom stereocenters. The molecule has 3 aliphatic heterocycles. The van der Waals surface area contributed by atoms with Gasteiger partial charge < -0.3 is 71.8 Å². The fourth-order valence-corrected chi connectivity index (χ4v) is 30.1. The number of ether oxygens (including phenoxy) is 13. The van der Waals surface area contributed by atoms with Gasteiger partial charge in [0, 0.05) is 60.7 Å². The van der Waals surface area contributed by atoms with Gasteiger partial charge in [-0.05, 0) is 375 Å². The molecule has 21 fully saturated rings. The predicted molar refractivity (Wildman–Crippen MR) is 518 cm³/mol. The molecule has 794 valence electrons. The molecule has 18 saturated carbocycles. The van der Waals surface area contributed by atoms with Crippen LogP contribution >= 0.6 is 0 Å². The summed E-state index contributed by atoms with van der Waals surface area (Å²) < 4.78 is 72.5. The summed E-state index contributed by atoms with van der Waals surface area (Å²) in [5.74, 6) is 2.27. The van der Waals surface area contributed by atoms with Gasteiger partial charge in [0.05, 0.1) is 50.8 Å². The van der Waals surface area contributed by atoms with E-state index in [1.165, 1.54) is 71.3 Å². The molecule has 21 unspecified atom stereocenters. The van der Waals surface area contributed by atoms with E-state index in [-0.39, 0.29) is 93.8 Å². The number of methoxy groups -OCH3 is 1. The first-order chi connectivity index (χ1) is 65.8. The molecule has 0 aromatic rings. The minimum Gasteiger partial charge on any atom is -0.468 e. The molecule has 16 bridgehead atoms. The average Bonchev–Trinajstić information content (AvgIpc) is 1.54. The predicted octanol–water partition coefficient (Wildman–Crippen LogP) is 19.4. The highest BCUT2D eigenvalue weighted by Gasteiger charge is 2.78. The summed E-state index contributed by atoms with van der Waals surface area (Å²) >= 11 is 0. The average molecular weight is 1980 g/mol. The number of cyclic esters (lactones) is 1. The lowest BCUT2D eigenvalue weighted by Crippen LogP contribution is -2.67. The van der Waals surface area contributed by atoms with Gasteiger partial charge in [-0.2, -0.15) is 0 Å². The van der Waals surface area contributed by atoms with Crippen LogP contribution in [0.1, 0.15) is 410 Å². The van der Waals surface area contributed by atoms with Crippen LogP contribution < -0.4 is 0 Å². The Hall–Kier alpha value is -6.97. The van der Waals surface area contributed by atoms with E-state index >= 15 is 0 Å². The number of hydrogen-bond acceptors (Lipinski definition) is 28. The van der Waals surface area contributed by atoms with Crippen LogP contribution in [-0.4, -0.2) is 177 Å². The zero-order valence-corrected chi connectivity index (χ0v) is 89.8. The molecule has 3 saturated heterocycles. The fourth-order valence-electron chi connectivity index (χ4n) is 30.1. The molecule has 21 aliphatic rings. The molecule has 21 rings (SSSR count). The molecule has 3 heterocycles. The van der Waals surface area contributed by atoms with Crippen molar-refractivity contribution in [3.63, 3.8) is 0 Å². The third-order valence-corrected chi connectivity index (χ3v) is 40.6. The van der Waals surface area contributed by atoms with Crippen molar-refractivity contribution in [1.82, 2.24) is 0 Å². The van der Waals surface area contributed by atoms with Crippen LogP contribution in [0, 0.1) is 132 Å². The van der Waals surface area contributed by atoms with E-state index in [1.807, 2.05) is 96.9 Å². The molecule has 0 spiro atoms. The van der Waals surface area contributed by atoms with Gasteiger partial charge in [0.15, 0.2) is 17.4 Å². The lowest BCUT2D eigenvalue weighted by Gasteiger charge is -2.62. The topological polar surface area (TPSA) is 382 Å². The van der Waals surface area contributed by atoms with Crippen molar-refractivity contribution in [3.8, 4) is 0 Å². The van der Waals surface area contributed by atoms with Gasteiger partial charge in [-0.15, -0.1) is 0 Å². The van der Waals surface area contributed by atoms with E-state index in [4.69, 9.17) is 61.6 Å². The summed E-state index contributed by atoms with van der Waals surface area (Å²) in [6.07, 6.45) is 30.6. The summed E-state index contributed by atoms with van der Waals surface area (Å²) in [5.41, 5.74) is -8.99. The standard InChI is InChI=1S/C24H34O8.C20H32O2.C19H32O2.C18H28O6.C16H22O6.C16H26O4/c1-5-22(3,4)19(26)29-13-16(25)30-17-14-11-15-18(17)31-20(27)24(15,12-14)21(28)32-23(6-2)9-7-8-10-23;1-5-19(3,4)18(21)22-20(6-2)11-14-10-15(20)17-13-8-7-12(9-13)16(14)17;1-6-17(2,3)16(20)21-18(4,5)19-10-13-7-14(11-19)9-15(8-13)12-19;1-5-17(3,4)16(21)23-12-11-13(22-14(12)19)15(20)24-18(6-2)9-7-8-10-18;1-5-15(2,3)12(17)21-10-8-6-9-11(10)22-14(19)16(9,7-8)13(18)20-4;1-4-13(2,3)12(17)20-16-7-11-5-14(18,9-16)8-15(19,6-11)10-16/h14-15,17-18H,5-13H2,1-4H3;12-17H,5-11H2,1-4H3;13-15H,6-12H2,1-5H3;12-13H,5-11H2,1-4H3;8-11H,5-7H2,1-4H3;11,18-19H,4-10H2,1-3H3. The van der Waals surface area contributed by atoms with Crippen LogP contribution in [0.15, 0.2) is 0 Å². The van der Waals surface area contributed by atoms with Gasteiger partial charge in [-0.25, -0.2) is 14.4 Å². The minimum atomic E-state index is -1.28. The Morgan fingerprint density at radius 3 is 1.29 bits per heavy atom. The van der Waals surface area contributed by atoms with E-state index < -0.39 is 157 Å². The largest absolute Gasteiger partial charge is 0.468 e. The Morgan fingerprint density at radius 1 is 0.390 bits per heavy atom. The Bertz CT molecular complexity index is 4630. The van der Waals surface area contributed by atoms with Gasteiger partial charge in [-0.3, -0.25) is 47.9 Å². The van der Waals surface area contributed by atoms with E-state index in [9.17, 15) is 72.5 Å². The van der Waals surface area contributed by atoms with Crippen LogP contribution in [0.3, 0.4) is 0 Å². The zero-order chi connectivity index (χ0) is 104. The van der Waals surface area contributed by atoms with Crippen molar-refractivity contribution in [2.75, 3.05) is 13.7 Å². The Kier molecular flexibility index (Phi) is 31.1. The fraction of sp³-hybridized carbons (Fsp3) is 0.885. The van der Waals surface area contributed by atoms with E-state index in [1.54, 1.807) is 27.7 Å². The number of esters is 13. The van der Waals surface area contributed by atoms with E-state index in [0.717, 1.165) is 163 Å². The van der Waals surface area contributed by atoms with Crippen molar-refractivity contribution in [2.45, 2.75) is 485 Å². The van der Waals surface area contributed by atoms with Crippen molar-refractivity contribution in [2.24, 2.45) is 132 Å². The van der Waals surface area contributed by atoms with Crippen LogP contribution in [-0.2, 0) is 124 Å². The Balaban J connectivity index is 0.000000136. The van der Waals surface area contributed by atoms with Gasteiger partial charge in [0.1, 0.15) is 52.4 Å². The molecule has 0 aromatic carbocycles. The summed E-state index contributed by atoms with van der Waals surface area (Å²) in [5, 5.41) is 21.3. The third kappa shape index (κ3) is 20.6. The summed E-state index contributed by atoms with van der Waals surface area (Å²) in [6, 6.07) is 0. The van der Waals surface area contributed by atoms with Gasteiger partial charge in [-0.1, -0.05) is 62.3 Å². The Labute approximate surface area is 838 Å². The Morgan fingerprint density at radius 2 is 0.823 bits per heavy atom. The van der Waals surface area contributed by atoms with E-state index in [0.29, 0.717) is 63.7 Å². The molecule has 2 N–H and O–H groups in total. The third-order valence-electron chi connectivity index (χ3n) is 40.6. The highest BCUT2D eigenvalue weighted by molar-refractivity contribution is 6.04. The second kappa shape index (κ2) is 39.9.